The standard InChI is InChI=1S/C10H16N4O4/c1-5(8(16)13-10(11)18)12-6-3-4-7(15)14(2)9(6)17/h5-6,12H,3-4H2,1-2H3,(H3,11,13,16,18). The van der Waals surface area contributed by atoms with Crippen LogP contribution in [0.15, 0.2) is 0 Å². The molecule has 0 saturated carbocycles. The number of hydrogen-bond acceptors (Lipinski definition) is 5. The van der Waals surface area contributed by atoms with Gasteiger partial charge in [0.2, 0.25) is 17.7 Å². The van der Waals surface area contributed by atoms with E-state index in [0.29, 0.717) is 6.42 Å². The average molecular weight is 256 g/mol. The molecule has 1 aliphatic rings. The molecule has 0 spiro atoms. The highest BCUT2D eigenvalue weighted by Crippen LogP contribution is 2.11. The van der Waals surface area contributed by atoms with Crippen molar-refractivity contribution in [3.63, 3.8) is 0 Å². The lowest BCUT2D eigenvalue weighted by atomic mass is 10.0. The number of likely N-dealkylation sites (N-methyl/N-ethyl adjacent to an activating group) is 1. The van der Waals surface area contributed by atoms with Gasteiger partial charge >= 0.3 is 6.03 Å². The molecule has 4 N–H and O–H groups in total. The number of piperidine rings is 1. The van der Waals surface area contributed by atoms with Gasteiger partial charge in [-0.05, 0) is 13.3 Å². The summed E-state index contributed by atoms with van der Waals surface area (Å²) < 4.78 is 0. The zero-order chi connectivity index (χ0) is 13.9. The zero-order valence-corrected chi connectivity index (χ0v) is 10.2. The third kappa shape index (κ3) is 3.27. The van der Waals surface area contributed by atoms with Gasteiger partial charge in [0.1, 0.15) is 0 Å². The van der Waals surface area contributed by atoms with Crippen LogP contribution in [0.1, 0.15) is 19.8 Å². The maximum absolute atomic E-state index is 11.7. The van der Waals surface area contributed by atoms with E-state index in [1.165, 1.54) is 14.0 Å². The molecule has 0 aromatic heterocycles. The lowest BCUT2D eigenvalue weighted by molar-refractivity contribution is -0.148. The van der Waals surface area contributed by atoms with Crippen molar-refractivity contribution in [2.75, 3.05) is 7.05 Å². The second-order valence-corrected chi connectivity index (χ2v) is 4.12. The van der Waals surface area contributed by atoms with Crippen LogP contribution in [0.2, 0.25) is 0 Å². The van der Waals surface area contributed by atoms with E-state index in [-0.39, 0.29) is 18.2 Å². The van der Waals surface area contributed by atoms with Gasteiger partial charge in [-0.15, -0.1) is 0 Å². The van der Waals surface area contributed by atoms with E-state index in [1.807, 2.05) is 5.32 Å². The fourth-order valence-corrected chi connectivity index (χ4v) is 1.68. The normalized spacial score (nSPS) is 21.7. The summed E-state index contributed by atoms with van der Waals surface area (Å²) in [5, 5.41) is 4.67. The Morgan fingerprint density at radius 2 is 2.06 bits per heavy atom. The van der Waals surface area contributed by atoms with E-state index in [9.17, 15) is 19.2 Å². The molecule has 2 unspecified atom stereocenters. The molecule has 1 heterocycles. The molecule has 1 saturated heterocycles. The summed E-state index contributed by atoms with van der Waals surface area (Å²) in [6.45, 7) is 1.50. The summed E-state index contributed by atoms with van der Waals surface area (Å²) in [6.07, 6.45) is 0.570. The monoisotopic (exact) mass is 256 g/mol. The van der Waals surface area contributed by atoms with Crippen molar-refractivity contribution in [1.82, 2.24) is 15.5 Å². The number of carbonyl (C=O) groups excluding carboxylic acids is 4. The second kappa shape index (κ2) is 5.58. The maximum Gasteiger partial charge on any atom is 0.318 e. The molecule has 1 aliphatic heterocycles. The highest BCUT2D eigenvalue weighted by molar-refractivity contribution is 6.01. The number of nitrogens with one attached hydrogen (secondary N) is 2. The molecule has 8 nitrogen and oxygen atoms in total. The van der Waals surface area contributed by atoms with Crippen LogP contribution in [0.4, 0.5) is 4.79 Å². The lowest BCUT2D eigenvalue weighted by Gasteiger charge is -2.29. The Labute approximate surface area is 104 Å². The Balaban J connectivity index is 2.57. The molecule has 0 bridgehead atoms. The Morgan fingerprint density at radius 3 is 2.61 bits per heavy atom. The third-order valence-electron chi connectivity index (χ3n) is 2.74. The predicted octanol–water partition coefficient (Wildman–Crippen LogP) is -1.69. The quantitative estimate of drug-likeness (QED) is 0.520. The van der Waals surface area contributed by atoms with Crippen molar-refractivity contribution < 1.29 is 19.2 Å². The summed E-state index contributed by atoms with van der Waals surface area (Å²) in [6, 6.07) is -2.31. The van der Waals surface area contributed by atoms with Gasteiger partial charge in [0.05, 0.1) is 12.1 Å². The SMILES string of the molecule is CC(NC1CCC(=O)N(C)C1=O)C(=O)NC(N)=O. The van der Waals surface area contributed by atoms with Gasteiger partial charge in [-0.2, -0.15) is 0 Å². The van der Waals surface area contributed by atoms with Gasteiger partial charge in [-0.25, -0.2) is 4.79 Å². The van der Waals surface area contributed by atoms with Crippen LogP contribution < -0.4 is 16.4 Å². The highest BCUT2D eigenvalue weighted by Gasteiger charge is 2.33. The van der Waals surface area contributed by atoms with Crippen LogP contribution in [0, 0.1) is 0 Å². The van der Waals surface area contributed by atoms with E-state index >= 15 is 0 Å². The number of amides is 5. The molecule has 8 heteroatoms. The van der Waals surface area contributed by atoms with Gasteiger partial charge in [-0.1, -0.05) is 0 Å². The molecule has 100 valence electrons. The van der Waals surface area contributed by atoms with E-state index in [2.05, 4.69) is 5.32 Å². The Kier molecular flexibility index (Phi) is 4.38. The number of nitrogens with zero attached hydrogens (tertiary/aromatic N) is 1. The van der Waals surface area contributed by atoms with Crippen LogP contribution in [-0.2, 0) is 14.4 Å². The van der Waals surface area contributed by atoms with E-state index in [0.717, 1.165) is 4.90 Å². The second-order valence-electron chi connectivity index (χ2n) is 4.12. The minimum atomic E-state index is -0.948. The van der Waals surface area contributed by atoms with Crippen molar-refractivity contribution in [1.29, 1.82) is 0 Å². The van der Waals surface area contributed by atoms with Gasteiger partial charge < -0.3 is 5.73 Å². The number of hydrogen-bond donors (Lipinski definition) is 3. The minimum Gasteiger partial charge on any atom is -0.351 e. The van der Waals surface area contributed by atoms with Crippen molar-refractivity contribution in [2.45, 2.75) is 31.8 Å². The van der Waals surface area contributed by atoms with Crippen LogP contribution >= 0.6 is 0 Å². The van der Waals surface area contributed by atoms with E-state index in [4.69, 9.17) is 5.73 Å². The average Bonchev–Trinajstić information content (AvgIpc) is 2.29. The number of primary amides is 1. The molecule has 0 aromatic rings. The van der Waals surface area contributed by atoms with Crippen molar-refractivity contribution in [3.05, 3.63) is 0 Å². The van der Waals surface area contributed by atoms with Crippen molar-refractivity contribution in [2.24, 2.45) is 5.73 Å². The van der Waals surface area contributed by atoms with Crippen LogP contribution in [0.5, 0.6) is 0 Å². The van der Waals surface area contributed by atoms with Gasteiger partial charge in [0.15, 0.2) is 0 Å². The molecule has 0 radical (unpaired) electrons. The molecule has 1 rings (SSSR count). The first-order valence-electron chi connectivity index (χ1n) is 5.49. The summed E-state index contributed by atoms with van der Waals surface area (Å²) in [4.78, 5) is 45.9. The van der Waals surface area contributed by atoms with Crippen molar-refractivity contribution >= 4 is 23.8 Å². The number of nitrogens with two attached hydrogens (primary N) is 1. The van der Waals surface area contributed by atoms with E-state index in [1.54, 1.807) is 0 Å². The number of carbonyl (C=O) groups is 4. The topological polar surface area (TPSA) is 122 Å². The lowest BCUT2D eigenvalue weighted by Crippen LogP contribution is -2.56. The molecule has 5 amide bonds. The molecule has 2 atom stereocenters. The first-order valence-corrected chi connectivity index (χ1v) is 5.49. The third-order valence-corrected chi connectivity index (χ3v) is 2.74. The van der Waals surface area contributed by atoms with Crippen LogP contribution in [-0.4, -0.2) is 47.8 Å². The van der Waals surface area contributed by atoms with Crippen molar-refractivity contribution in [3.8, 4) is 0 Å². The molecular formula is C10H16N4O4. The number of imide groups is 2. The highest BCUT2D eigenvalue weighted by atomic mass is 16.2. The summed E-state index contributed by atoms with van der Waals surface area (Å²) in [7, 11) is 1.40. The number of rotatable bonds is 3. The fourth-order valence-electron chi connectivity index (χ4n) is 1.68. The van der Waals surface area contributed by atoms with Gasteiger partial charge in [-0.3, -0.25) is 29.9 Å². The molecule has 1 fully saturated rings. The summed E-state index contributed by atoms with van der Waals surface area (Å²) in [5.41, 5.74) is 4.81. The van der Waals surface area contributed by atoms with Gasteiger partial charge in [0.25, 0.3) is 0 Å². The first kappa shape index (κ1) is 14.1. The predicted molar refractivity (Wildman–Crippen MR) is 61.1 cm³/mol. The smallest absolute Gasteiger partial charge is 0.318 e. The number of urea groups is 1. The Bertz CT molecular complexity index is 395. The van der Waals surface area contributed by atoms with Crippen LogP contribution in [0.3, 0.4) is 0 Å². The van der Waals surface area contributed by atoms with E-state index < -0.39 is 24.0 Å². The molecule has 0 aromatic carbocycles. The largest absolute Gasteiger partial charge is 0.351 e. The Morgan fingerprint density at radius 1 is 1.44 bits per heavy atom. The fraction of sp³-hybridized carbons (Fsp3) is 0.600. The molecule has 18 heavy (non-hydrogen) atoms. The first-order chi connectivity index (χ1) is 8.32. The minimum absolute atomic E-state index is 0.240. The van der Waals surface area contributed by atoms with Crippen LogP contribution in [0.25, 0.3) is 0 Å². The Hall–Kier alpha value is -1.96. The summed E-state index contributed by atoms with van der Waals surface area (Å²) >= 11 is 0. The molecule has 0 aliphatic carbocycles. The number of likely N-dealkylation sites (tertiary alicyclic amines) is 1. The zero-order valence-electron chi connectivity index (χ0n) is 10.2. The molecular weight excluding hydrogens is 240 g/mol. The van der Waals surface area contributed by atoms with Gasteiger partial charge in [0, 0.05) is 13.5 Å². The summed E-state index contributed by atoms with van der Waals surface area (Å²) in [5.74, 6) is -1.24. The maximum atomic E-state index is 11.7.